The minimum atomic E-state index is -0.00911. The van der Waals surface area contributed by atoms with Gasteiger partial charge in [-0.05, 0) is 24.0 Å². The number of H-pyrrole nitrogens is 1. The SMILES string of the molecule is CSc1nc2c(c(=O)[nH]1)CN(Cc1ccc(Cl)cc1)CC2. The van der Waals surface area contributed by atoms with Gasteiger partial charge in [0, 0.05) is 31.1 Å². The molecular weight excluding hydrogens is 306 g/mol. The van der Waals surface area contributed by atoms with Crippen LogP contribution in [0.3, 0.4) is 0 Å². The first-order valence-electron chi connectivity index (χ1n) is 6.78. The Bertz CT molecular complexity index is 699. The van der Waals surface area contributed by atoms with Crippen LogP contribution in [0.2, 0.25) is 5.02 Å². The van der Waals surface area contributed by atoms with Crippen LogP contribution in [0.15, 0.2) is 34.2 Å². The summed E-state index contributed by atoms with van der Waals surface area (Å²) < 4.78 is 0. The number of aromatic nitrogens is 2. The monoisotopic (exact) mass is 321 g/mol. The van der Waals surface area contributed by atoms with Crippen molar-refractivity contribution in [1.29, 1.82) is 0 Å². The quantitative estimate of drug-likeness (QED) is 0.697. The number of nitrogens with zero attached hydrogens (tertiary/aromatic N) is 2. The van der Waals surface area contributed by atoms with E-state index in [1.54, 1.807) is 0 Å². The maximum Gasteiger partial charge on any atom is 0.256 e. The van der Waals surface area contributed by atoms with Gasteiger partial charge in [-0.15, -0.1) is 0 Å². The molecule has 1 aliphatic rings. The fourth-order valence-corrected chi connectivity index (χ4v) is 3.06. The van der Waals surface area contributed by atoms with Crippen molar-refractivity contribution >= 4 is 23.4 Å². The number of benzene rings is 1. The van der Waals surface area contributed by atoms with Crippen LogP contribution < -0.4 is 5.56 Å². The Labute approximate surface area is 132 Å². The molecule has 0 spiro atoms. The molecule has 0 fully saturated rings. The van der Waals surface area contributed by atoms with Crippen molar-refractivity contribution in [2.75, 3.05) is 12.8 Å². The van der Waals surface area contributed by atoms with Crippen LogP contribution in [-0.4, -0.2) is 27.7 Å². The van der Waals surface area contributed by atoms with Gasteiger partial charge in [0.25, 0.3) is 5.56 Å². The third-order valence-corrected chi connectivity index (χ3v) is 4.47. The van der Waals surface area contributed by atoms with Crippen LogP contribution in [0.5, 0.6) is 0 Å². The number of fused-ring (bicyclic) bond motifs is 1. The predicted molar refractivity (Wildman–Crippen MR) is 85.9 cm³/mol. The molecule has 1 aromatic heterocycles. The lowest BCUT2D eigenvalue weighted by atomic mass is 10.1. The Morgan fingerprint density at radius 3 is 2.86 bits per heavy atom. The van der Waals surface area contributed by atoms with Crippen molar-refractivity contribution in [3.8, 4) is 0 Å². The molecule has 3 rings (SSSR count). The summed E-state index contributed by atoms with van der Waals surface area (Å²) in [5, 5.41) is 1.44. The standard InChI is InChI=1S/C15H16ClN3OS/c1-21-15-17-13-6-7-19(9-12(13)14(20)18-15)8-10-2-4-11(16)5-3-10/h2-5H,6-9H2,1H3,(H,17,18,20). The van der Waals surface area contributed by atoms with Crippen molar-refractivity contribution in [3.63, 3.8) is 0 Å². The van der Waals surface area contributed by atoms with Gasteiger partial charge in [0.15, 0.2) is 5.16 Å². The lowest BCUT2D eigenvalue weighted by Crippen LogP contribution is -2.35. The average molecular weight is 322 g/mol. The second-order valence-electron chi connectivity index (χ2n) is 5.09. The molecule has 0 saturated carbocycles. The van der Waals surface area contributed by atoms with E-state index in [0.717, 1.165) is 35.8 Å². The highest BCUT2D eigenvalue weighted by atomic mass is 35.5. The number of nitrogens with one attached hydrogen (secondary N) is 1. The normalized spacial score (nSPS) is 15.0. The molecule has 0 amide bonds. The number of hydrogen-bond donors (Lipinski definition) is 1. The van der Waals surface area contributed by atoms with E-state index in [9.17, 15) is 4.79 Å². The average Bonchev–Trinajstić information content (AvgIpc) is 2.50. The molecule has 0 aliphatic carbocycles. The van der Waals surface area contributed by atoms with Crippen LogP contribution in [-0.2, 0) is 19.5 Å². The topological polar surface area (TPSA) is 49.0 Å². The highest BCUT2D eigenvalue weighted by Gasteiger charge is 2.21. The largest absolute Gasteiger partial charge is 0.301 e. The van der Waals surface area contributed by atoms with E-state index in [2.05, 4.69) is 14.9 Å². The molecule has 1 aromatic carbocycles. The third-order valence-electron chi connectivity index (χ3n) is 3.64. The molecule has 6 heteroatoms. The van der Waals surface area contributed by atoms with E-state index in [-0.39, 0.29) is 5.56 Å². The molecule has 4 nitrogen and oxygen atoms in total. The zero-order valence-electron chi connectivity index (χ0n) is 11.7. The summed E-state index contributed by atoms with van der Waals surface area (Å²) in [6.45, 7) is 2.38. The van der Waals surface area contributed by atoms with E-state index >= 15 is 0 Å². The van der Waals surface area contributed by atoms with Crippen molar-refractivity contribution in [3.05, 3.63) is 56.5 Å². The zero-order chi connectivity index (χ0) is 14.8. The van der Waals surface area contributed by atoms with Crippen LogP contribution >= 0.6 is 23.4 Å². The predicted octanol–water partition coefficient (Wildman–Crippen LogP) is 2.70. The summed E-state index contributed by atoms with van der Waals surface area (Å²) in [7, 11) is 0. The van der Waals surface area contributed by atoms with Crippen molar-refractivity contribution in [2.45, 2.75) is 24.7 Å². The fraction of sp³-hybridized carbons (Fsp3) is 0.333. The lowest BCUT2D eigenvalue weighted by molar-refractivity contribution is 0.241. The summed E-state index contributed by atoms with van der Waals surface area (Å²) in [6.07, 6.45) is 2.74. The molecule has 2 heterocycles. The minimum Gasteiger partial charge on any atom is -0.301 e. The van der Waals surface area contributed by atoms with Crippen LogP contribution in [0.25, 0.3) is 0 Å². The van der Waals surface area contributed by atoms with E-state index < -0.39 is 0 Å². The fourth-order valence-electron chi connectivity index (χ4n) is 2.54. The van der Waals surface area contributed by atoms with Gasteiger partial charge in [-0.3, -0.25) is 9.69 Å². The molecule has 0 bridgehead atoms. The maximum atomic E-state index is 12.1. The first kappa shape index (κ1) is 14.6. The molecule has 110 valence electrons. The minimum absolute atomic E-state index is 0.00911. The van der Waals surface area contributed by atoms with Crippen LogP contribution in [0.1, 0.15) is 16.8 Å². The molecular formula is C15H16ClN3OS. The number of halogens is 1. The van der Waals surface area contributed by atoms with Gasteiger partial charge in [0.1, 0.15) is 0 Å². The number of aromatic amines is 1. The Balaban J connectivity index is 1.78. The molecule has 1 N–H and O–H groups in total. The summed E-state index contributed by atoms with van der Waals surface area (Å²) in [5.41, 5.74) is 2.93. The second-order valence-corrected chi connectivity index (χ2v) is 6.32. The molecule has 0 atom stereocenters. The van der Waals surface area contributed by atoms with Gasteiger partial charge in [-0.25, -0.2) is 4.98 Å². The van der Waals surface area contributed by atoms with Crippen LogP contribution in [0.4, 0.5) is 0 Å². The number of hydrogen-bond acceptors (Lipinski definition) is 4. The van der Waals surface area contributed by atoms with Gasteiger partial charge in [0.2, 0.25) is 0 Å². The molecule has 0 unspecified atom stereocenters. The van der Waals surface area contributed by atoms with Crippen molar-refractivity contribution in [1.82, 2.24) is 14.9 Å². The first-order chi connectivity index (χ1) is 10.2. The molecule has 2 aromatic rings. The highest BCUT2D eigenvalue weighted by Crippen LogP contribution is 2.19. The Kier molecular flexibility index (Phi) is 4.33. The maximum absolute atomic E-state index is 12.1. The summed E-state index contributed by atoms with van der Waals surface area (Å²) >= 11 is 7.37. The number of rotatable bonds is 3. The van der Waals surface area contributed by atoms with Crippen molar-refractivity contribution < 1.29 is 0 Å². The third kappa shape index (κ3) is 3.31. The van der Waals surface area contributed by atoms with Gasteiger partial charge in [0.05, 0.1) is 11.3 Å². The Hall–Kier alpha value is -1.30. The molecule has 0 radical (unpaired) electrons. The highest BCUT2D eigenvalue weighted by molar-refractivity contribution is 7.98. The lowest BCUT2D eigenvalue weighted by Gasteiger charge is -2.27. The Morgan fingerprint density at radius 2 is 2.14 bits per heavy atom. The van der Waals surface area contributed by atoms with E-state index in [0.29, 0.717) is 11.7 Å². The molecule has 21 heavy (non-hydrogen) atoms. The zero-order valence-corrected chi connectivity index (χ0v) is 13.3. The molecule has 0 saturated heterocycles. The summed E-state index contributed by atoms with van der Waals surface area (Å²) in [6, 6.07) is 7.84. The van der Waals surface area contributed by atoms with Gasteiger partial charge < -0.3 is 4.98 Å². The van der Waals surface area contributed by atoms with Crippen LogP contribution in [0, 0.1) is 0 Å². The van der Waals surface area contributed by atoms with E-state index in [1.807, 2.05) is 30.5 Å². The van der Waals surface area contributed by atoms with Gasteiger partial charge in [-0.2, -0.15) is 0 Å². The first-order valence-corrected chi connectivity index (χ1v) is 8.39. The van der Waals surface area contributed by atoms with E-state index in [1.165, 1.54) is 17.3 Å². The number of thioether (sulfide) groups is 1. The smallest absolute Gasteiger partial charge is 0.256 e. The Morgan fingerprint density at radius 1 is 1.38 bits per heavy atom. The van der Waals surface area contributed by atoms with E-state index in [4.69, 9.17) is 11.6 Å². The van der Waals surface area contributed by atoms with Gasteiger partial charge >= 0.3 is 0 Å². The summed E-state index contributed by atoms with van der Waals surface area (Å²) in [4.78, 5) is 21.7. The van der Waals surface area contributed by atoms with Gasteiger partial charge in [-0.1, -0.05) is 35.5 Å². The van der Waals surface area contributed by atoms with Crippen molar-refractivity contribution in [2.24, 2.45) is 0 Å². The second kappa shape index (κ2) is 6.22. The molecule has 1 aliphatic heterocycles. The summed E-state index contributed by atoms with van der Waals surface area (Å²) in [5.74, 6) is 0.